The van der Waals surface area contributed by atoms with Gasteiger partial charge in [0.2, 0.25) is 5.88 Å². The average molecular weight is 349 g/mol. The van der Waals surface area contributed by atoms with Crippen LogP contribution < -0.4 is 4.74 Å². The lowest BCUT2D eigenvalue weighted by Gasteiger charge is -2.34. The average Bonchev–Trinajstić information content (AvgIpc) is 3.15. The molecule has 25 heavy (non-hydrogen) atoms. The molecule has 3 heterocycles. The van der Waals surface area contributed by atoms with Crippen LogP contribution in [0.2, 0.25) is 0 Å². The maximum Gasteiger partial charge on any atom is 0.409 e. The van der Waals surface area contributed by atoms with E-state index in [1.165, 1.54) is 0 Å². The topological polar surface area (TPSA) is 81.2 Å². The Kier molecular flexibility index (Phi) is 5.70. The minimum Gasteiger partial charge on any atom is -0.472 e. The zero-order valence-electron chi connectivity index (χ0n) is 14.3. The summed E-state index contributed by atoms with van der Waals surface area (Å²) in [6, 6.07) is 3.34. The van der Waals surface area contributed by atoms with E-state index in [2.05, 4.69) is 4.98 Å². The lowest BCUT2D eigenvalue weighted by molar-refractivity contribution is 0.0569. The van der Waals surface area contributed by atoms with Gasteiger partial charge in [-0.15, -0.1) is 0 Å². The molecule has 136 valence electrons. The van der Waals surface area contributed by atoms with Crippen molar-refractivity contribution in [2.45, 2.75) is 19.4 Å². The molecular weight excluding hydrogens is 326 g/mol. The summed E-state index contributed by atoms with van der Waals surface area (Å²) in [4.78, 5) is 31.9. The minimum atomic E-state index is -0.326. The predicted octanol–water partition coefficient (Wildman–Crippen LogP) is 1.16. The van der Waals surface area contributed by atoms with Crippen molar-refractivity contribution in [3.63, 3.8) is 0 Å². The third-order valence-electron chi connectivity index (χ3n) is 4.25. The summed E-state index contributed by atoms with van der Waals surface area (Å²) in [6.07, 6.45) is 2.07. The normalized spacial score (nSPS) is 20.4. The van der Waals surface area contributed by atoms with Gasteiger partial charge in [0, 0.05) is 50.4 Å². The van der Waals surface area contributed by atoms with E-state index in [4.69, 9.17) is 14.2 Å². The second-order valence-corrected chi connectivity index (χ2v) is 5.96. The maximum atomic E-state index is 12.7. The molecule has 2 amide bonds. The van der Waals surface area contributed by atoms with Gasteiger partial charge in [-0.3, -0.25) is 4.79 Å². The molecule has 8 heteroatoms. The Morgan fingerprint density at radius 2 is 2.04 bits per heavy atom. The van der Waals surface area contributed by atoms with E-state index in [1.807, 2.05) is 0 Å². The molecule has 1 atom stereocenters. The van der Waals surface area contributed by atoms with Gasteiger partial charge in [-0.25, -0.2) is 9.78 Å². The van der Waals surface area contributed by atoms with Gasteiger partial charge >= 0.3 is 6.09 Å². The fraction of sp³-hybridized carbons (Fsp3) is 0.588. The molecule has 1 aromatic heterocycles. The van der Waals surface area contributed by atoms with Gasteiger partial charge in [-0.05, 0) is 13.0 Å². The number of rotatable bonds is 4. The van der Waals surface area contributed by atoms with Crippen molar-refractivity contribution in [1.29, 1.82) is 0 Å². The zero-order chi connectivity index (χ0) is 17.6. The van der Waals surface area contributed by atoms with E-state index in [0.717, 1.165) is 6.42 Å². The maximum absolute atomic E-state index is 12.7. The second kappa shape index (κ2) is 8.15. The van der Waals surface area contributed by atoms with Gasteiger partial charge in [0.1, 0.15) is 6.10 Å². The van der Waals surface area contributed by atoms with Gasteiger partial charge in [0.25, 0.3) is 5.91 Å². The first kappa shape index (κ1) is 17.5. The molecule has 0 aliphatic carbocycles. The fourth-order valence-corrected chi connectivity index (χ4v) is 2.87. The quantitative estimate of drug-likeness (QED) is 0.811. The number of carbonyl (C=O) groups is 2. The molecule has 0 radical (unpaired) electrons. The lowest BCUT2D eigenvalue weighted by atomic mass is 10.2. The van der Waals surface area contributed by atoms with Crippen LogP contribution in [0.25, 0.3) is 0 Å². The zero-order valence-corrected chi connectivity index (χ0v) is 14.3. The second-order valence-electron chi connectivity index (χ2n) is 5.96. The number of hydrogen-bond acceptors (Lipinski definition) is 6. The summed E-state index contributed by atoms with van der Waals surface area (Å²) in [5, 5.41) is 0. The number of pyridine rings is 1. The predicted molar refractivity (Wildman–Crippen MR) is 88.6 cm³/mol. The molecule has 1 aromatic rings. The van der Waals surface area contributed by atoms with Crippen LogP contribution in [0.4, 0.5) is 4.79 Å². The number of hydrogen-bond donors (Lipinski definition) is 0. The summed E-state index contributed by atoms with van der Waals surface area (Å²) in [7, 11) is 0. The first-order valence-electron chi connectivity index (χ1n) is 8.59. The Balaban J connectivity index is 1.57. The van der Waals surface area contributed by atoms with E-state index < -0.39 is 0 Å². The third-order valence-corrected chi connectivity index (χ3v) is 4.25. The van der Waals surface area contributed by atoms with Crippen molar-refractivity contribution in [1.82, 2.24) is 14.8 Å². The highest BCUT2D eigenvalue weighted by Crippen LogP contribution is 2.17. The van der Waals surface area contributed by atoms with Crippen LogP contribution in [-0.2, 0) is 9.47 Å². The van der Waals surface area contributed by atoms with E-state index in [9.17, 15) is 9.59 Å². The number of carbonyl (C=O) groups excluding carboxylic acids is 2. The summed E-state index contributed by atoms with van der Waals surface area (Å²) in [5.74, 6) is 0.352. The number of ether oxygens (including phenoxy) is 3. The van der Waals surface area contributed by atoms with Crippen LogP contribution in [0.15, 0.2) is 18.3 Å². The molecule has 0 saturated carbocycles. The smallest absolute Gasteiger partial charge is 0.409 e. The molecule has 0 N–H and O–H groups in total. The molecule has 1 unspecified atom stereocenters. The summed E-state index contributed by atoms with van der Waals surface area (Å²) in [5.41, 5.74) is 0.536. The van der Waals surface area contributed by atoms with Gasteiger partial charge in [-0.1, -0.05) is 0 Å². The molecule has 2 fully saturated rings. The molecular formula is C17H23N3O5. The standard InChI is InChI=1S/C17H23N3O5/c1-2-24-17(22)20-8-6-19(7-9-20)16(21)13-3-5-18-15(11-13)25-14-4-10-23-12-14/h3,5,11,14H,2,4,6-10,12H2,1H3. The Morgan fingerprint density at radius 1 is 1.28 bits per heavy atom. The highest BCUT2D eigenvalue weighted by Gasteiger charge is 2.26. The van der Waals surface area contributed by atoms with Gasteiger partial charge in [-0.2, -0.15) is 0 Å². The summed E-state index contributed by atoms with van der Waals surface area (Å²) in [6.45, 7) is 5.27. The van der Waals surface area contributed by atoms with Crippen LogP contribution in [0, 0.1) is 0 Å². The van der Waals surface area contributed by atoms with E-state index in [0.29, 0.717) is 57.4 Å². The van der Waals surface area contributed by atoms with Crippen LogP contribution in [-0.4, -0.2) is 78.9 Å². The Hall–Kier alpha value is -2.35. The van der Waals surface area contributed by atoms with Crippen molar-refractivity contribution in [2.75, 3.05) is 46.0 Å². The third kappa shape index (κ3) is 4.39. The molecule has 2 aliphatic heterocycles. The molecule has 2 aliphatic rings. The lowest BCUT2D eigenvalue weighted by Crippen LogP contribution is -2.50. The summed E-state index contributed by atoms with van der Waals surface area (Å²) < 4.78 is 16.0. The van der Waals surface area contributed by atoms with E-state index >= 15 is 0 Å². The molecule has 8 nitrogen and oxygen atoms in total. The Bertz CT molecular complexity index is 610. The fourth-order valence-electron chi connectivity index (χ4n) is 2.87. The Labute approximate surface area is 146 Å². The highest BCUT2D eigenvalue weighted by molar-refractivity contribution is 5.94. The number of nitrogens with zero attached hydrogens (tertiary/aromatic N) is 3. The highest BCUT2D eigenvalue weighted by atomic mass is 16.6. The largest absolute Gasteiger partial charge is 0.472 e. The van der Waals surface area contributed by atoms with Crippen molar-refractivity contribution in [3.8, 4) is 5.88 Å². The van der Waals surface area contributed by atoms with Crippen molar-refractivity contribution in [2.24, 2.45) is 0 Å². The van der Waals surface area contributed by atoms with Crippen LogP contribution in [0.3, 0.4) is 0 Å². The van der Waals surface area contributed by atoms with Crippen LogP contribution in [0.5, 0.6) is 5.88 Å². The molecule has 0 spiro atoms. The molecule has 2 saturated heterocycles. The number of aromatic nitrogens is 1. The molecule has 0 bridgehead atoms. The minimum absolute atomic E-state index is 0.00836. The molecule has 0 aromatic carbocycles. The first-order valence-corrected chi connectivity index (χ1v) is 8.59. The van der Waals surface area contributed by atoms with E-state index in [1.54, 1.807) is 35.1 Å². The van der Waals surface area contributed by atoms with E-state index in [-0.39, 0.29) is 18.1 Å². The van der Waals surface area contributed by atoms with Crippen LogP contribution in [0.1, 0.15) is 23.7 Å². The van der Waals surface area contributed by atoms with Crippen molar-refractivity contribution in [3.05, 3.63) is 23.9 Å². The monoisotopic (exact) mass is 349 g/mol. The number of piperazine rings is 1. The Morgan fingerprint density at radius 3 is 2.72 bits per heavy atom. The van der Waals surface area contributed by atoms with Crippen LogP contribution >= 0.6 is 0 Å². The molecule has 3 rings (SSSR count). The SMILES string of the molecule is CCOC(=O)N1CCN(C(=O)c2ccnc(OC3CCOC3)c2)CC1. The first-order chi connectivity index (χ1) is 12.2. The van der Waals surface area contributed by atoms with Gasteiger partial charge in [0.15, 0.2) is 0 Å². The number of amides is 2. The van der Waals surface area contributed by atoms with Crippen molar-refractivity contribution >= 4 is 12.0 Å². The summed E-state index contributed by atoms with van der Waals surface area (Å²) >= 11 is 0. The van der Waals surface area contributed by atoms with Gasteiger partial charge in [0.05, 0.1) is 19.8 Å². The van der Waals surface area contributed by atoms with Crippen molar-refractivity contribution < 1.29 is 23.8 Å². The van der Waals surface area contributed by atoms with Gasteiger partial charge < -0.3 is 24.0 Å².